The van der Waals surface area contributed by atoms with Gasteiger partial charge in [-0.05, 0) is 38.2 Å². The molecule has 0 spiro atoms. The summed E-state index contributed by atoms with van der Waals surface area (Å²) >= 11 is 0. The van der Waals surface area contributed by atoms with Crippen LogP contribution in [0.2, 0.25) is 0 Å². The number of fused-ring (bicyclic) bond motifs is 5. The van der Waals surface area contributed by atoms with Gasteiger partial charge in [-0.2, -0.15) is 0 Å². The van der Waals surface area contributed by atoms with E-state index in [0.717, 1.165) is 12.2 Å². The lowest BCUT2D eigenvalue weighted by Gasteiger charge is -2.63. The number of ether oxygens (including phenoxy) is 1. The highest BCUT2D eigenvalue weighted by molar-refractivity contribution is 6.04. The van der Waals surface area contributed by atoms with Crippen LogP contribution in [-0.2, 0) is 19.1 Å². The van der Waals surface area contributed by atoms with Gasteiger partial charge in [-0.1, -0.05) is 26.8 Å². The molecule has 4 aliphatic carbocycles. The molecule has 6 nitrogen and oxygen atoms in total. The summed E-state index contributed by atoms with van der Waals surface area (Å²) in [4.78, 5) is 37.5. The van der Waals surface area contributed by atoms with Crippen molar-refractivity contribution in [1.29, 1.82) is 0 Å². The second-order valence-corrected chi connectivity index (χ2v) is 10.7. The van der Waals surface area contributed by atoms with Crippen LogP contribution >= 0.6 is 0 Å². The summed E-state index contributed by atoms with van der Waals surface area (Å²) in [5.74, 6) is -6.33. The Balaban J connectivity index is 1.90. The van der Waals surface area contributed by atoms with Crippen LogP contribution in [-0.4, -0.2) is 57.9 Å². The minimum atomic E-state index is -2.53. The number of alkyl halides is 2. The maximum atomic E-state index is 17.2. The van der Waals surface area contributed by atoms with Gasteiger partial charge in [0.05, 0.1) is 6.10 Å². The van der Waals surface area contributed by atoms with E-state index >= 15 is 8.78 Å². The summed E-state index contributed by atoms with van der Waals surface area (Å²) in [5, 5.41) is 21.1. The van der Waals surface area contributed by atoms with Gasteiger partial charge < -0.3 is 14.9 Å². The monoisotopic (exact) mass is 484 g/mol. The number of hydrogen-bond acceptors (Lipinski definition) is 6. The Kier molecular flexibility index (Phi) is 5.72. The van der Waals surface area contributed by atoms with Crippen LogP contribution in [0.15, 0.2) is 23.6 Å². The van der Waals surface area contributed by atoms with Crippen molar-refractivity contribution in [3.05, 3.63) is 23.6 Å². The van der Waals surface area contributed by atoms with E-state index in [-0.39, 0.29) is 19.3 Å². The number of carbonyl (C=O) groups excluding carboxylic acids is 3. The largest absolute Gasteiger partial charge is 0.450 e. The van der Waals surface area contributed by atoms with Crippen LogP contribution in [0.3, 0.4) is 0 Å². The SMILES string of the molecule is CCC(=O)O[C@@]1(C(=O)CO)[C@H](C)C[C@H]2[C@@H]3C[C@H](F)C4=C(F)C(=O)C=C[C@]4(C)[C@@]3(F)[C@@H](O)C[C@@]21C. The smallest absolute Gasteiger partial charge is 0.306 e. The van der Waals surface area contributed by atoms with Crippen molar-refractivity contribution in [2.75, 3.05) is 6.61 Å². The molecule has 0 bridgehead atoms. The molecule has 9 heteroatoms. The van der Waals surface area contributed by atoms with Crippen molar-refractivity contribution in [2.45, 2.75) is 76.9 Å². The third kappa shape index (κ3) is 2.74. The van der Waals surface area contributed by atoms with Gasteiger partial charge in [-0.25, -0.2) is 13.2 Å². The molecule has 0 radical (unpaired) electrons. The van der Waals surface area contributed by atoms with Gasteiger partial charge in [0.1, 0.15) is 12.8 Å². The molecule has 34 heavy (non-hydrogen) atoms. The Bertz CT molecular complexity index is 1010. The van der Waals surface area contributed by atoms with Gasteiger partial charge >= 0.3 is 5.97 Å². The Morgan fingerprint density at radius 1 is 1.24 bits per heavy atom. The maximum Gasteiger partial charge on any atom is 0.306 e. The molecule has 0 unspecified atom stereocenters. The minimum absolute atomic E-state index is 0.0379. The molecular weight excluding hydrogens is 453 g/mol. The van der Waals surface area contributed by atoms with Gasteiger partial charge in [-0.3, -0.25) is 14.4 Å². The third-order valence-corrected chi connectivity index (χ3v) is 9.37. The zero-order chi connectivity index (χ0) is 25.4. The summed E-state index contributed by atoms with van der Waals surface area (Å²) in [6.45, 7) is 5.20. The van der Waals surface area contributed by atoms with E-state index in [0.29, 0.717) is 0 Å². The van der Waals surface area contributed by atoms with Crippen molar-refractivity contribution in [3.8, 4) is 0 Å². The molecule has 3 saturated carbocycles. The predicted molar refractivity (Wildman–Crippen MR) is 114 cm³/mol. The van der Waals surface area contributed by atoms with Gasteiger partial charge in [0.25, 0.3) is 0 Å². The van der Waals surface area contributed by atoms with E-state index in [4.69, 9.17) is 4.74 Å². The predicted octanol–water partition coefficient (Wildman–Crippen LogP) is 3.10. The van der Waals surface area contributed by atoms with Gasteiger partial charge in [0.2, 0.25) is 11.6 Å². The number of allylic oxidation sites excluding steroid dienone is 4. The fourth-order valence-electron chi connectivity index (χ4n) is 7.85. The van der Waals surface area contributed by atoms with Crippen LogP contribution in [0.25, 0.3) is 0 Å². The molecule has 0 amide bonds. The fourth-order valence-corrected chi connectivity index (χ4v) is 7.85. The van der Waals surface area contributed by atoms with E-state index in [2.05, 4.69) is 0 Å². The topological polar surface area (TPSA) is 101 Å². The van der Waals surface area contributed by atoms with Crippen molar-refractivity contribution < 1.29 is 42.5 Å². The highest BCUT2D eigenvalue weighted by Gasteiger charge is 2.78. The minimum Gasteiger partial charge on any atom is -0.450 e. The number of Topliss-reactive ketones (excluding diaryl/α,β-unsaturated/α-hetero) is 1. The highest BCUT2D eigenvalue weighted by Crippen LogP contribution is 2.72. The molecule has 0 aromatic heterocycles. The molecule has 2 N–H and O–H groups in total. The number of ketones is 2. The highest BCUT2D eigenvalue weighted by atomic mass is 19.2. The summed E-state index contributed by atoms with van der Waals surface area (Å²) in [5.41, 5.74) is -8.17. The lowest BCUT2D eigenvalue weighted by molar-refractivity contribution is -0.232. The standard InChI is InChI=1S/C25H31F3O6/c1-5-19(33)34-25(18(32)11-29)12(2)8-13-14-9-15(26)20-21(27)16(30)6-7-22(20,3)24(14,28)17(31)10-23(13,25)4/h6-7,12-15,17,29,31H,5,8-11H2,1-4H3/t12-,13+,14+,15+,17+,22+,23+,24+,25-/m1/s1. The molecule has 0 aromatic carbocycles. The Labute approximate surface area is 196 Å². The number of hydrogen-bond donors (Lipinski definition) is 2. The van der Waals surface area contributed by atoms with E-state index in [1.807, 2.05) is 0 Å². The van der Waals surface area contributed by atoms with Gasteiger partial charge in [0.15, 0.2) is 17.1 Å². The van der Waals surface area contributed by atoms with Crippen molar-refractivity contribution in [3.63, 3.8) is 0 Å². The van der Waals surface area contributed by atoms with Crippen LogP contribution in [0.4, 0.5) is 13.2 Å². The van der Waals surface area contributed by atoms with Crippen LogP contribution in [0, 0.1) is 28.6 Å². The Morgan fingerprint density at radius 2 is 1.88 bits per heavy atom. The summed E-state index contributed by atoms with van der Waals surface area (Å²) < 4.78 is 53.2. The lowest BCUT2D eigenvalue weighted by atomic mass is 9.44. The van der Waals surface area contributed by atoms with Crippen molar-refractivity contribution in [2.24, 2.45) is 28.6 Å². The first kappa shape index (κ1) is 25.1. The fraction of sp³-hybridized carbons (Fsp3) is 0.720. The number of carbonyl (C=O) groups is 3. The number of esters is 1. The second-order valence-electron chi connectivity index (χ2n) is 10.7. The zero-order valence-corrected chi connectivity index (χ0v) is 19.7. The number of halogens is 3. The van der Waals surface area contributed by atoms with Gasteiger partial charge in [-0.15, -0.1) is 0 Å². The second kappa shape index (κ2) is 7.75. The van der Waals surface area contributed by atoms with E-state index < -0.39 is 94.1 Å². The third-order valence-electron chi connectivity index (χ3n) is 9.37. The van der Waals surface area contributed by atoms with Gasteiger partial charge in [0, 0.05) is 34.7 Å². The molecule has 0 saturated heterocycles. The quantitative estimate of drug-likeness (QED) is 0.595. The molecule has 4 aliphatic rings. The average molecular weight is 485 g/mol. The number of aliphatic hydroxyl groups is 2. The molecule has 188 valence electrons. The van der Waals surface area contributed by atoms with E-state index in [1.165, 1.54) is 6.92 Å². The van der Waals surface area contributed by atoms with E-state index in [1.54, 1.807) is 20.8 Å². The molecule has 3 fully saturated rings. The van der Waals surface area contributed by atoms with Crippen molar-refractivity contribution in [1.82, 2.24) is 0 Å². The first-order valence-corrected chi connectivity index (χ1v) is 11.8. The van der Waals surface area contributed by atoms with Crippen LogP contribution in [0.1, 0.15) is 53.4 Å². The molecule has 0 heterocycles. The molecule has 0 aliphatic heterocycles. The Morgan fingerprint density at radius 3 is 2.47 bits per heavy atom. The normalized spacial score (nSPS) is 47.7. The molecular formula is C25H31F3O6. The van der Waals surface area contributed by atoms with Crippen LogP contribution in [0.5, 0.6) is 0 Å². The molecule has 4 rings (SSSR count). The molecule has 0 aromatic rings. The Hall–Kier alpha value is -2.00. The first-order valence-electron chi connectivity index (χ1n) is 11.8. The van der Waals surface area contributed by atoms with Crippen molar-refractivity contribution >= 4 is 17.5 Å². The van der Waals surface area contributed by atoms with E-state index in [9.17, 15) is 29.0 Å². The number of aliphatic hydroxyl groups excluding tert-OH is 2. The zero-order valence-electron chi connectivity index (χ0n) is 19.7. The maximum absolute atomic E-state index is 17.2. The average Bonchev–Trinajstić information content (AvgIpc) is 3.00. The summed E-state index contributed by atoms with van der Waals surface area (Å²) in [6, 6.07) is 0. The molecule has 9 atom stereocenters. The summed E-state index contributed by atoms with van der Waals surface area (Å²) in [7, 11) is 0. The lowest BCUT2D eigenvalue weighted by Crippen LogP contribution is -2.71. The van der Waals surface area contributed by atoms with Crippen LogP contribution < -0.4 is 0 Å². The first-order chi connectivity index (χ1) is 15.8. The number of rotatable bonds is 4. The summed E-state index contributed by atoms with van der Waals surface area (Å²) in [6.07, 6.45) is -2.44.